The fourth-order valence-corrected chi connectivity index (χ4v) is 4.65. The van der Waals surface area contributed by atoms with Crippen LogP contribution in [0.2, 0.25) is 0 Å². The zero-order chi connectivity index (χ0) is 26.7. The van der Waals surface area contributed by atoms with Gasteiger partial charge in [-0.05, 0) is 77.7 Å². The van der Waals surface area contributed by atoms with E-state index in [2.05, 4.69) is 27.5 Å². The second-order valence-electron chi connectivity index (χ2n) is 8.27. The molecule has 0 aliphatic carbocycles. The molecule has 4 aromatic rings. The standard InChI is InChI=1S/C30H31N3O4S/c1-35-25-11-6-8-21(18-25)22-14-15-28(37-3)29(19-22)38-33-24-10-7-9-23(20-24)31-16-17-32-30(34)26-12-4-5-13-27(26)36-2/h4-15,18-20,31,33H,16-17H2,1-3H3,(H,32,34). The minimum atomic E-state index is -0.166. The van der Waals surface area contributed by atoms with Gasteiger partial charge in [-0.1, -0.05) is 36.4 Å². The molecule has 3 N–H and O–H groups in total. The summed E-state index contributed by atoms with van der Waals surface area (Å²) in [6, 6.07) is 29.2. The van der Waals surface area contributed by atoms with E-state index < -0.39 is 0 Å². The molecule has 0 aromatic heterocycles. The van der Waals surface area contributed by atoms with E-state index in [0.29, 0.717) is 24.4 Å². The van der Waals surface area contributed by atoms with E-state index in [1.807, 2.05) is 66.7 Å². The Balaban J connectivity index is 1.34. The van der Waals surface area contributed by atoms with Crippen LogP contribution in [0.3, 0.4) is 0 Å². The van der Waals surface area contributed by atoms with Gasteiger partial charge >= 0.3 is 0 Å². The Hall–Kier alpha value is -4.30. The zero-order valence-corrected chi connectivity index (χ0v) is 22.4. The van der Waals surface area contributed by atoms with Crippen LogP contribution in [-0.2, 0) is 0 Å². The van der Waals surface area contributed by atoms with Crippen LogP contribution in [0.5, 0.6) is 17.2 Å². The summed E-state index contributed by atoms with van der Waals surface area (Å²) < 4.78 is 19.6. The number of carbonyl (C=O) groups is 1. The maximum atomic E-state index is 12.5. The molecule has 0 aliphatic rings. The first-order chi connectivity index (χ1) is 18.6. The van der Waals surface area contributed by atoms with E-state index in [0.717, 1.165) is 38.9 Å². The van der Waals surface area contributed by atoms with Crippen molar-refractivity contribution >= 4 is 29.2 Å². The van der Waals surface area contributed by atoms with Crippen LogP contribution in [-0.4, -0.2) is 40.3 Å². The van der Waals surface area contributed by atoms with Crippen LogP contribution in [0.4, 0.5) is 11.4 Å². The Bertz CT molecular complexity index is 1380. The van der Waals surface area contributed by atoms with Crippen molar-refractivity contribution in [3.63, 3.8) is 0 Å². The smallest absolute Gasteiger partial charge is 0.255 e. The number of para-hydroxylation sites is 1. The van der Waals surface area contributed by atoms with E-state index in [9.17, 15) is 4.79 Å². The molecule has 196 valence electrons. The quantitative estimate of drug-likeness (QED) is 0.146. The van der Waals surface area contributed by atoms with Gasteiger partial charge in [0.1, 0.15) is 17.2 Å². The highest BCUT2D eigenvalue weighted by atomic mass is 32.2. The molecular formula is C30H31N3O4S. The van der Waals surface area contributed by atoms with Crippen molar-refractivity contribution in [1.29, 1.82) is 0 Å². The average Bonchev–Trinajstić information content (AvgIpc) is 2.98. The molecule has 4 aromatic carbocycles. The average molecular weight is 530 g/mol. The number of ether oxygens (including phenoxy) is 3. The van der Waals surface area contributed by atoms with E-state index in [1.165, 1.54) is 11.9 Å². The van der Waals surface area contributed by atoms with E-state index in [4.69, 9.17) is 14.2 Å². The second-order valence-corrected chi connectivity index (χ2v) is 9.11. The van der Waals surface area contributed by atoms with Gasteiger partial charge in [-0.25, -0.2) is 0 Å². The molecule has 0 saturated carbocycles. The summed E-state index contributed by atoms with van der Waals surface area (Å²) in [4.78, 5) is 13.4. The Morgan fingerprint density at radius 1 is 0.711 bits per heavy atom. The fourth-order valence-electron chi connectivity index (χ4n) is 3.86. The molecule has 0 radical (unpaired) electrons. The number of benzene rings is 4. The number of nitrogens with one attached hydrogen (secondary N) is 3. The van der Waals surface area contributed by atoms with Crippen LogP contribution in [0, 0.1) is 0 Å². The number of methoxy groups -OCH3 is 3. The third-order valence-electron chi connectivity index (χ3n) is 5.80. The fraction of sp³-hybridized carbons (Fsp3) is 0.167. The van der Waals surface area contributed by atoms with Gasteiger partial charge in [-0.2, -0.15) is 0 Å². The summed E-state index contributed by atoms with van der Waals surface area (Å²) in [5.41, 5.74) is 4.53. The van der Waals surface area contributed by atoms with E-state index in [1.54, 1.807) is 33.5 Å². The van der Waals surface area contributed by atoms with E-state index in [-0.39, 0.29) is 5.91 Å². The van der Waals surface area contributed by atoms with Crippen molar-refractivity contribution in [2.75, 3.05) is 44.5 Å². The lowest BCUT2D eigenvalue weighted by Gasteiger charge is -2.13. The van der Waals surface area contributed by atoms with Crippen molar-refractivity contribution < 1.29 is 19.0 Å². The number of rotatable bonds is 12. The van der Waals surface area contributed by atoms with Gasteiger partial charge in [0.05, 0.1) is 31.8 Å². The molecule has 8 heteroatoms. The lowest BCUT2D eigenvalue weighted by atomic mass is 10.1. The van der Waals surface area contributed by atoms with Gasteiger partial charge < -0.3 is 29.6 Å². The molecule has 1 amide bonds. The number of amides is 1. The van der Waals surface area contributed by atoms with Crippen LogP contribution in [0.1, 0.15) is 10.4 Å². The summed E-state index contributed by atoms with van der Waals surface area (Å²) in [7, 11) is 4.89. The summed E-state index contributed by atoms with van der Waals surface area (Å²) in [6.45, 7) is 1.05. The van der Waals surface area contributed by atoms with Gasteiger partial charge in [0, 0.05) is 24.5 Å². The van der Waals surface area contributed by atoms with Crippen LogP contribution in [0.25, 0.3) is 11.1 Å². The molecule has 0 aliphatic heterocycles. The number of carbonyl (C=O) groups excluding carboxylic acids is 1. The van der Waals surface area contributed by atoms with Crippen LogP contribution >= 0.6 is 11.9 Å². The molecule has 0 atom stereocenters. The number of hydrogen-bond donors (Lipinski definition) is 3. The molecule has 0 fully saturated rings. The minimum absolute atomic E-state index is 0.166. The van der Waals surface area contributed by atoms with Gasteiger partial charge in [-0.15, -0.1) is 0 Å². The van der Waals surface area contributed by atoms with Crippen LogP contribution < -0.4 is 29.6 Å². The summed E-state index contributed by atoms with van der Waals surface area (Å²) in [5.74, 6) is 1.99. The molecule has 0 bridgehead atoms. The highest BCUT2D eigenvalue weighted by Crippen LogP contribution is 2.35. The second kappa shape index (κ2) is 13.3. The van der Waals surface area contributed by atoms with Gasteiger partial charge in [-0.3, -0.25) is 4.79 Å². The predicted octanol–water partition coefficient (Wildman–Crippen LogP) is 6.34. The highest BCUT2D eigenvalue weighted by Gasteiger charge is 2.11. The van der Waals surface area contributed by atoms with Crippen molar-refractivity contribution in [3.8, 4) is 28.4 Å². The first-order valence-corrected chi connectivity index (χ1v) is 12.9. The molecule has 0 unspecified atom stereocenters. The zero-order valence-electron chi connectivity index (χ0n) is 21.6. The number of anilines is 2. The minimum Gasteiger partial charge on any atom is -0.497 e. The monoisotopic (exact) mass is 529 g/mol. The Morgan fingerprint density at radius 3 is 2.29 bits per heavy atom. The Morgan fingerprint density at radius 2 is 1.47 bits per heavy atom. The van der Waals surface area contributed by atoms with Crippen molar-refractivity contribution in [2.24, 2.45) is 0 Å². The van der Waals surface area contributed by atoms with E-state index >= 15 is 0 Å². The maximum absolute atomic E-state index is 12.5. The topological polar surface area (TPSA) is 80.9 Å². The van der Waals surface area contributed by atoms with Gasteiger partial charge in [0.2, 0.25) is 0 Å². The Kier molecular flexibility index (Phi) is 9.37. The molecule has 0 heterocycles. The lowest BCUT2D eigenvalue weighted by Crippen LogP contribution is -2.29. The first-order valence-electron chi connectivity index (χ1n) is 12.1. The summed E-state index contributed by atoms with van der Waals surface area (Å²) in [5, 5.41) is 6.27. The predicted molar refractivity (Wildman–Crippen MR) is 155 cm³/mol. The SMILES string of the molecule is COc1cccc(-c2ccc(OC)c(SNc3cccc(NCCNC(=O)c4ccccc4OC)c3)c2)c1. The largest absolute Gasteiger partial charge is 0.497 e. The van der Waals surface area contributed by atoms with Gasteiger partial charge in [0.25, 0.3) is 5.91 Å². The lowest BCUT2D eigenvalue weighted by molar-refractivity contribution is 0.0952. The van der Waals surface area contributed by atoms with Crippen molar-refractivity contribution in [1.82, 2.24) is 5.32 Å². The summed E-state index contributed by atoms with van der Waals surface area (Å²) in [6.07, 6.45) is 0. The van der Waals surface area contributed by atoms with Crippen molar-refractivity contribution in [2.45, 2.75) is 4.90 Å². The third-order valence-corrected chi connectivity index (χ3v) is 6.68. The molecule has 0 spiro atoms. The molecule has 0 saturated heterocycles. The summed E-state index contributed by atoms with van der Waals surface area (Å²) >= 11 is 1.48. The molecule has 38 heavy (non-hydrogen) atoms. The highest BCUT2D eigenvalue weighted by molar-refractivity contribution is 8.00. The normalized spacial score (nSPS) is 10.4. The number of hydrogen-bond acceptors (Lipinski definition) is 7. The molecule has 7 nitrogen and oxygen atoms in total. The molecule has 4 rings (SSSR count). The third kappa shape index (κ3) is 6.92. The van der Waals surface area contributed by atoms with Crippen molar-refractivity contribution in [3.05, 3.63) is 96.6 Å². The Labute approximate surface area is 227 Å². The molecular weight excluding hydrogens is 498 g/mol. The van der Waals surface area contributed by atoms with Gasteiger partial charge in [0.15, 0.2) is 0 Å². The van der Waals surface area contributed by atoms with Crippen LogP contribution in [0.15, 0.2) is 95.9 Å². The maximum Gasteiger partial charge on any atom is 0.255 e. The first kappa shape index (κ1) is 26.8.